The molecule has 29 heavy (non-hydrogen) atoms. The van der Waals surface area contributed by atoms with Gasteiger partial charge in [0.05, 0.1) is 19.1 Å². The third-order valence-corrected chi connectivity index (χ3v) is 6.55. The number of rotatable bonds is 6. The van der Waals surface area contributed by atoms with Crippen molar-refractivity contribution in [1.29, 1.82) is 0 Å². The maximum atomic E-state index is 12.2. The van der Waals surface area contributed by atoms with Gasteiger partial charge in [-0.1, -0.05) is 23.8 Å². The van der Waals surface area contributed by atoms with E-state index in [1.807, 2.05) is 0 Å². The van der Waals surface area contributed by atoms with Gasteiger partial charge in [0.15, 0.2) is 5.82 Å². The lowest BCUT2D eigenvalue weighted by atomic mass is 9.85. The van der Waals surface area contributed by atoms with E-state index in [-0.39, 0.29) is 11.8 Å². The topological polar surface area (TPSA) is 72.3 Å². The predicted octanol–water partition coefficient (Wildman–Crippen LogP) is 2.09. The monoisotopic (exact) mass is 399 g/mol. The molecule has 0 spiro atoms. The summed E-state index contributed by atoms with van der Waals surface area (Å²) in [5.41, 5.74) is 2.87. The van der Waals surface area contributed by atoms with Crippen molar-refractivity contribution in [3.8, 4) is 0 Å². The van der Waals surface area contributed by atoms with Crippen molar-refractivity contribution in [2.45, 2.75) is 52.1 Å². The number of nitrogens with zero attached hydrogens (tertiary/aromatic N) is 4. The second kappa shape index (κ2) is 9.22. The van der Waals surface area contributed by atoms with Crippen molar-refractivity contribution in [3.63, 3.8) is 0 Å². The van der Waals surface area contributed by atoms with E-state index in [2.05, 4.69) is 44.6 Å². The molecule has 1 aliphatic carbocycles. The number of nitrogens with one attached hydrogen (secondary N) is 1. The molecular weight excluding hydrogens is 366 g/mol. The first kappa shape index (κ1) is 20.3. The van der Waals surface area contributed by atoms with E-state index in [1.165, 1.54) is 18.4 Å². The van der Waals surface area contributed by atoms with Crippen LogP contribution in [0.3, 0.4) is 0 Å². The van der Waals surface area contributed by atoms with Crippen LogP contribution in [0, 0.1) is 11.8 Å². The Balaban J connectivity index is 1.29. The van der Waals surface area contributed by atoms with Gasteiger partial charge in [-0.15, -0.1) is 10.2 Å². The smallest absolute Gasteiger partial charge is 0.225 e. The van der Waals surface area contributed by atoms with Gasteiger partial charge in [0.1, 0.15) is 5.82 Å². The Hall–Kier alpha value is -1.99. The molecule has 3 aliphatic rings. The number of aromatic nitrogens is 3. The highest BCUT2D eigenvalue weighted by Gasteiger charge is 2.25. The lowest BCUT2D eigenvalue weighted by molar-refractivity contribution is -0.125. The van der Waals surface area contributed by atoms with Crippen LogP contribution in [0.1, 0.15) is 44.3 Å². The Morgan fingerprint density at radius 2 is 2.14 bits per heavy atom. The molecule has 0 bridgehead atoms. The van der Waals surface area contributed by atoms with Crippen molar-refractivity contribution in [2.75, 3.05) is 32.8 Å². The molecule has 1 amide bonds. The van der Waals surface area contributed by atoms with Crippen LogP contribution in [-0.2, 0) is 29.0 Å². The van der Waals surface area contributed by atoms with E-state index in [9.17, 15) is 4.79 Å². The van der Waals surface area contributed by atoms with Gasteiger partial charge >= 0.3 is 0 Å². The molecular formula is C22H33N5O2. The van der Waals surface area contributed by atoms with Gasteiger partial charge in [0.25, 0.3) is 0 Å². The van der Waals surface area contributed by atoms with E-state index in [0.717, 1.165) is 57.1 Å². The number of carbonyl (C=O) groups excluding carboxylic acids is 1. The largest absolute Gasteiger partial charge is 0.381 e. The summed E-state index contributed by atoms with van der Waals surface area (Å²) in [7, 11) is 0. The maximum Gasteiger partial charge on any atom is 0.225 e. The van der Waals surface area contributed by atoms with Crippen LogP contribution in [0.15, 0.2) is 23.8 Å². The third-order valence-electron chi connectivity index (χ3n) is 6.55. The standard InChI is InChI=1S/C22H33N5O2/c1-16(2)18-5-3-17(4-6-18)14-26-9-7-20-24-25-21(27(20)11-10-26)13-23-22(28)19-8-12-29-15-19/h3,18-19H,1,4-15H2,2H3,(H,23,28)/t18-,19?/m1/s1. The molecule has 7 nitrogen and oxygen atoms in total. The van der Waals surface area contributed by atoms with E-state index >= 15 is 0 Å². The van der Waals surface area contributed by atoms with Crippen LogP contribution >= 0.6 is 0 Å². The van der Waals surface area contributed by atoms with Gasteiger partial charge in [0, 0.05) is 39.2 Å². The van der Waals surface area contributed by atoms with E-state index in [4.69, 9.17) is 4.74 Å². The van der Waals surface area contributed by atoms with Crippen molar-refractivity contribution >= 4 is 5.91 Å². The van der Waals surface area contributed by atoms with Gasteiger partial charge in [-0.05, 0) is 38.5 Å². The number of allylic oxidation sites excluding steroid dienone is 2. The second-order valence-corrected chi connectivity index (χ2v) is 8.67. The van der Waals surface area contributed by atoms with Gasteiger partial charge in [-0.3, -0.25) is 9.69 Å². The summed E-state index contributed by atoms with van der Waals surface area (Å²) in [6.45, 7) is 11.8. The molecule has 3 heterocycles. The zero-order chi connectivity index (χ0) is 20.2. The fourth-order valence-electron chi connectivity index (χ4n) is 4.53. The molecule has 1 fully saturated rings. The number of hydrogen-bond donors (Lipinski definition) is 1. The minimum Gasteiger partial charge on any atom is -0.381 e. The summed E-state index contributed by atoms with van der Waals surface area (Å²) in [4.78, 5) is 14.8. The predicted molar refractivity (Wildman–Crippen MR) is 111 cm³/mol. The first-order valence-corrected chi connectivity index (χ1v) is 10.9. The van der Waals surface area contributed by atoms with Crippen LogP contribution < -0.4 is 5.32 Å². The van der Waals surface area contributed by atoms with Gasteiger partial charge in [0.2, 0.25) is 5.91 Å². The lowest BCUT2D eigenvalue weighted by Gasteiger charge is -2.26. The van der Waals surface area contributed by atoms with Crippen molar-refractivity contribution < 1.29 is 9.53 Å². The summed E-state index contributed by atoms with van der Waals surface area (Å²) in [6.07, 6.45) is 7.70. The third kappa shape index (κ3) is 4.95. The summed E-state index contributed by atoms with van der Waals surface area (Å²) < 4.78 is 7.50. The zero-order valence-corrected chi connectivity index (χ0v) is 17.5. The average Bonchev–Trinajstić information content (AvgIpc) is 3.35. The molecule has 0 radical (unpaired) electrons. The van der Waals surface area contributed by atoms with Crippen LogP contribution in [0.2, 0.25) is 0 Å². The van der Waals surface area contributed by atoms with Gasteiger partial charge < -0.3 is 14.6 Å². The molecule has 158 valence electrons. The molecule has 2 atom stereocenters. The zero-order valence-electron chi connectivity index (χ0n) is 17.5. The number of ether oxygens (including phenoxy) is 1. The average molecular weight is 400 g/mol. The van der Waals surface area contributed by atoms with Crippen LogP contribution in [0.25, 0.3) is 0 Å². The van der Waals surface area contributed by atoms with Crippen molar-refractivity contribution in [1.82, 2.24) is 25.0 Å². The van der Waals surface area contributed by atoms with Crippen molar-refractivity contribution in [2.24, 2.45) is 11.8 Å². The molecule has 1 N–H and O–H groups in total. The highest BCUT2D eigenvalue weighted by Crippen LogP contribution is 2.28. The Bertz CT molecular complexity index is 778. The Labute approximate surface area is 173 Å². The minimum absolute atomic E-state index is 0.0229. The fraction of sp³-hybridized carbons (Fsp3) is 0.682. The second-order valence-electron chi connectivity index (χ2n) is 8.67. The van der Waals surface area contributed by atoms with Crippen LogP contribution in [-0.4, -0.2) is 58.4 Å². The molecule has 0 aromatic carbocycles. The molecule has 1 aromatic heterocycles. The molecule has 1 saturated heterocycles. The number of amides is 1. The van der Waals surface area contributed by atoms with Crippen molar-refractivity contribution in [3.05, 3.63) is 35.4 Å². The molecule has 1 unspecified atom stereocenters. The minimum atomic E-state index is -0.0229. The molecule has 4 rings (SSSR count). The highest BCUT2D eigenvalue weighted by atomic mass is 16.5. The summed E-state index contributed by atoms with van der Waals surface area (Å²) in [5.74, 6) is 2.58. The van der Waals surface area contributed by atoms with Gasteiger partial charge in [-0.25, -0.2) is 0 Å². The van der Waals surface area contributed by atoms with Crippen LogP contribution in [0.4, 0.5) is 0 Å². The normalized spacial score (nSPS) is 25.2. The van der Waals surface area contributed by atoms with Crippen LogP contribution in [0.5, 0.6) is 0 Å². The Morgan fingerprint density at radius 1 is 1.24 bits per heavy atom. The van der Waals surface area contributed by atoms with E-state index in [0.29, 0.717) is 25.7 Å². The van der Waals surface area contributed by atoms with E-state index in [1.54, 1.807) is 5.57 Å². The SMILES string of the molecule is C=C(C)[C@@H]1CC=C(CN2CCc3nnc(CNC(=O)C4CCOC4)n3CC2)CC1. The molecule has 0 saturated carbocycles. The summed E-state index contributed by atoms with van der Waals surface area (Å²) >= 11 is 0. The van der Waals surface area contributed by atoms with E-state index < -0.39 is 0 Å². The lowest BCUT2D eigenvalue weighted by Crippen LogP contribution is -2.32. The highest BCUT2D eigenvalue weighted by molar-refractivity contribution is 5.78. The number of fused-ring (bicyclic) bond motifs is 1. The summed E-state index contributed by atoms with van der Waals surface area (Å²) in [5, 5.41) is 11.7. The molecule has 1 aromatic rings. The number of hydrogen-bond acceptors (Lipinski definition) is 5. The Kier molecular flexibility index (Phi) is 6.45. The first-order valence-electron chi connectivity index (χ1n) is 10.9. The first-order chi connectivity index (χ1) is 14.1. The molecule has 7 heteroatoms. The molecule has 2 aliphatic heterocycles. The quantitative estimate of drug-likeness (QED) is 0.742. The Morgan fingerprint density at radius 3 is 2.86 bits per heavy atom. The fourth-order valence-corrected chi connectivity index (χ4v) is 4.53. The number of carbonyl (C=O) groups is 1. The maximum absolute atomic E-state index is 12.2. The van der Waals surface area contributed by atoms with Gasteiger partial charge in [-0.2, -0.15) is 0 Å². The summed E-state index contributed by atoms with van der Waals surface area (Å²) in [6, 6.07) is 0.